The average molecular weight is 119 g/mol. The molecule has 0 fully saturated rings. The number of carbonyl (C=O) groups is 1. The first kappa shape index (κ1) is 7.43. The van der Waals surface area contributed by atoms with Crippen molar-refractivity contribution in [2.24, 2.45) is 0 Å². The summed E-state index contributed by atoms with van der Waals surface area (Å²) in [6, 6.07) is 0. The first-order chi connectivity index (χ1) is 3.81. The van der Waals surface area contributed by atoms with Crippen LogP contribution in [0.25, 0.3) is 0 Å². The van der Waals surface area contributed by atoms with Gasteiger partial charge in [0.15, 0.2) is 0 Å². The molecule has 3 heteroatoms. The number of amides is 1. The summed E-state index contributed by atoms with van der Waals surface area (Å²) in [4.78, 5) is 14.9. The van der Waals surface area contributed by atoms with E-state index in [4.69, 9.17) is 0 Å². The maximum Gasteiger partial charge on any atom is 0.243 e. The zero-order valence-corrected chi connectivity index (χ0v) is 5.23. The molecular weight excluding hydrogens is 106 g/mol. The molecule has 0 aliphatic carbocycles. The summed E-state index contributed by atoms with van der Waals surface area (Å²) in [5.41, 5.74) is 2.24. The first-order valence-corrected chi connectivity index (χ1v) is 2.71. The van der Waals surface area contributed by atoms with E-state index in [0.717, 1.165) is 0 Å². The number of hydrogen-bond acceptors (Lipinski definition) is 2. The van der Waals surface area contributed by atoms with E-state index in [1.165, 1.54) is 0 Å². The Hall–Kier alpha value is -0.570. The summed E-state index contributed by atoms with van der Waals surface area (Å²) in [6.45, 7) is 4.11. The fourth-order valence-corrected chi connectivity index (χ4v) is 0.225. The van der Waals surface area contributed by atoms with Crippen molar-refractivity contribution in [2.45, 2.75) is 20.3 Å². The summed E-state index contributed by atoms with van der Waals surface area (Å²) in [7, 11) is 0. The second-order valence-electron chi connectivity index (χ2n) is 1.31. The molecule has 0 aromatic rings. The third-order valence-electron chi connectivity index (χ3n) is 0.651. The SMILES string of the molecule is CCONC(=O)CC.[HH]. The Bertz CT molecular complexity index is 77.4. The molecule has 0 radical (unpaired) electrons. The van der Waals surface area contributed by atoms with E-state index in [2.05, 4.69) is 10.3 Å². The van der Waals surface area contributed by atoms with E-state index in [1.54, 1.807) is 6.92 Å². The average Bonchev–Trinajstić information content (AvgIpc) is 1.83. The van der Waals surface area contributed by atoms with Crippen molar-refractivity contribution in [3.8, 4) is 0 Å². The standard InChI is InChI=1S/C5H11NO2.H2/c1-3-5(7)6-8-4-2;/h3-4H2,1-2H3,(H,6,7);1H. The fraction of sp³-hybridized carbons (Fsp3) is 0.800. The smallest absolute Gasteiger partial charge is 0.243 e. The van der Waals surface area contributed by atoms with Gasteiger partial charge >= 0.3 is 0 Å². The lowest BCUT2D eigenvalue weighted by Crippen LogP contribution is -2.22. The number of nitrogens with one attached hydrogen (secondary N) is 1. The molecule has 3 nitrogen and oxygen atoms in total. The van der Waals surface area contributed by atoms with Crippen LogP contribution in [-0.2, 0) is 9.63 Å². The molecule has 0 bridgehead atoms. The van der Waals surface area contributed by atoms with E-state index in [9.17, 15) is 4.79 Å². The normalized spacial score (nSPS) is 8.75. The van der Waals surface area contributed by atoms with Crippen LogP contribution in [0.4, 0.5) is 0 Å². The summed E-state index contributed by atoms with van der Waals surface area (Å²) >= 11 is 0. The second-order valence-corrected chi connectivity index (χ2v) is 1.31. The molecule has 0 heterocycles. The van der Waals surface area contributed by atoms with Crippen LogP contribution < -0.4 is 5.48 Å². The van der Waals surface area contributed by atoms with Crippen molar-refractivity contribution < 1.29 is 11.1 Å². The van der Waals surface area contributed by atoms with Gasteiger partial charge in [0, 0.05) is 7.85 Å². The molecule has 0 aromatic carbocycles. The van der Waals surface area contributed by atoms with Crippen LogP contribution in [0, 0.1) is 0 Å². The van der Waals surface area contributed by atoms with Crippen LogP contribution in [0.1, 0.15) is 21.7 Å². The topological polar surface area (TPSA) is 38.3 Å². The lowest BCUT2D eigenvalue weighted by molar-refractivity contribution is -0.132. The van der Waals surface area contributed by atoms with Crippen LogP contribution in [0.15, 0.2) is 0 Å². The molecule has 1 amide bonds. The molecule has 0 aromatic heterocycles. The quantitative estimate of drug-likeness (QED) is 0.555. The molecule has 0 aliphatic heterocycles. The summed E-state index contributed by atoms with van der Waals surface area (Å²) in [6.07, 6.45) is 0.472. The highest BCUT2D eigenvalue weighted by Gasteiger charge is 1.91. The van der Waals surface area contributed by atoms with E-state index in [0.29, 0.717) is 13.0 Å². The number of carbonyl (C=O) groups excluding carboxylic acids is 1. The molecule has 0 spiro atoms. The summed E-state index contributed by atoms with van der Waals surface area (Å²) < 4.78 is 0. The molecule has 50 valence electrons. The Kier molecular flexibility index (Phi) is 4.26. The molecule has 0 aliphatic rings. The molecule has 0 unspecified atom stereocenters. The minimum Gasteiger partial charge on any atom is -0.274 e. The van der Waals surface area contributed by atoms with Gasteiger partial charge in [-0.05, 0) is 6.92 Å². The Morgan fingerprint density at radius 1 is 1.75 bits per heavy atom. The van der Waals surface area contributed by atoms with Crippen LogP contribution in [0.5, 0.6) is 0 Å². The molecule has 0 saturated carbocycles. The first-order valence-electron chi connectivity index (χ1n) is 2.71. The van der Waals surface area contributed by atoms with Gasteiger partial charge in [-0.3, -0.25) is 9.63 Å². The highest BCUT2D eigenvalue weighted by molar-refractivity contribution is 5.74. The van der Waals surface area contributed by atoms with Crippen molar-refractivity contribution >= 4 is 5.91 Å². The highest BCUT2D eigenvalue weighted by atomic mass is 16.6. The lowest BCUT2D eigenvalue weighted by atomic mass is 10.5. The molecule has 0 rings (SSSR count). The van der Waals surface area contributed by atoms with E-state index < -0.39 is 0 Å². The maximum absolute atomic E-state index is 10.3. The van der Waals surface area contributed by atoms with Gasteiger partial charge in [0.2, 0.25) is 5.91 Å². The predicted molar refractivity (Wildman–Crippen MR) is 32.2 cm³/mol. The zero-order valence-electron chi connectivity index (χ0n) is 5.23. The van der Waals surface area contributed by atoms with Crippen molar-refractivity contribution in [1.82, 2.24) is 5.48 Å². The number of hydrogen-bond donors (Lipinski definition) is 1. The largest absolute Gasteiger partial charge is 0.274 e. The van der Waals surface area contributed by atoms with Crippen LogP contribution >= 0.6 is 0 Å². The second kappa shape index (κ2) is 4.59. The molecule has 0 saturated heterocycles. The van der Waals surface area contributed by atoms with Gasteiger partial charge in [-0.15, -0.1) is 0 Å². The Morgan fingerprint density at radius 3 is 2.75 bits per heavy atom. The van der Waals surface area contributed by atoms with Crippen LogP contribution in [0.2, 0.25) is 0 Å². The Morgan fingerprint density at radius 2 is 2.38 bits per heavy atom. The third kappa shape index (κ3) is 3.61. The monoisotopic (exact) mass is 119 g/mol. The van der Waals surface area contributed by atoms with E-state index in [1.807, 2.05) is 6.92 Å². The molecule has 1 N–H and O–H groups in total. The Balaban J connectivity index is 0. The summed E-state index contributed by atoms with van der Waals surface area (Å²) in [5.74, 6) is -0.0770. The minimum absolute atomic E-state index is 0. The number of rotatable bonds is 3. The van der Waals surface area contributed by atoms with E-state index >= 15 is 0 Å². The van der Waals surface area contributed by atoms with Crippen molar-refractivity contribution in [1.29, 1.82) is 0 Å². The van der Waals surface area contributed by atoms with Crippen molar-refractivity contribution in [3.63, 3.8) is 0 Å². The fourth-order valence-electron chi connectivity index (χ4n) is 0.225. The van der Waals surface area contributed by atoms with Gasteiger partial charge < -0.3 is 0 Å². The highest BCUT2D eigenvalue weighted by Crippen LogP contribution is 1.73. The van der Waals surface area contributed by atoms with Crippen LogP contribution in [-0.4, -0.2) is 12.5 Å². The van der Waals surface area contributed by atoms with Crippen molar-refractivity contribution in [2.75, 3.05) is 6.61 Å². The Labute approximate surface area is 50.5 Å². The predicted octanol–water partition coefficient (Wildman–Crippen LogP) is 0.710. The van der Waals surface area contributed by atoms with E-state index in [-0.39, 0.29) is 7.33 Å². The molecule has 0 atom stereocenters. The lowest BCUT2D eigenvalue weighted by Gasteiger charge is -1.98. The van der Waals surface area contributed by atoms with Crippen LogP contribution in [0.3, 0.4) is 0 Å². The maximum atomic E-state index is 10.3. The summed E-state index contributed by atoms with van der Waals surface area (Å²) in [5, 5.41) is 0. The van der Waals surface area contributed by atoms with Gasteiger partial charge in [-0.1, -0.05) is 6.92 Å². The van der Waals surface area contributed by atoms with Gasteiger partial charge in [0.05, 0.1) is 6.61 Å². The third-order valence-corrected chi connectivity index (χ3v) is 0.651. The molecule has 8 heavy (non-hydrogen) atoms. The number of hydroxylamine groups is 1. The van der Waals surface area contributed by atoms with Gasteiger partial charge in [-0.2, -0.15) is 0 Å². The van der Waals surface area contributed by atoms with Gasteiger partial charge in [-0.25, -0.2) is 5.48 Å². The van der Waals surface area contributed by atoms with Crippen molar-refractivity contribution in [3.05, 3.63) is 0 Å². The zero-order chi connectivity index (χ0) is 6.41. The van der Waals surface area contributed by atoms with Gasteiger partial charge in [0.1, 0.15) is 0 Å². The molecular formula is C5H13NO2. The van der Waals surface area contributed by atoms with Gasteiger partial charge in [0.25, 0.3) is 0 Å². The minimum atomic E-state index is -0.0770.